The van der Waals surface area contributed by atoms with Crippen molar-refractivity contribution in [3.05, 3.63) is 83.2 Å². The highest BCUT2D eigenvalue weighted by molar-refractivity contribution is 5.90. The van der Waals surface area contributed by atoms with E-state index in [4.69, 9.17) is 14.2 Å². The second-order valence-electron chi connectivity index (χ2n) is 8.00. The van der Waals surface area contributed by atoms with Gasteiger partial charge in [0.05, 0.1) is 25.9 Å². The van der Waals surface area contributed by atoms with Gasteiger partial charge in [-0.25, -0.2) is 4.79 Å². The number of benzene rings is 2. The highest BCUT2D eigenvalue weighted by Crippen LogP contribution is 2.23. The molecule has 0 amide bonds. The van der Waals surface area contributed by atoms with Gasteiger partial charge in [-0.15, -0.1) is 0 Å². The maximum Gasteiger partial charge on any atom is 0.345 e. The van der Waals surface area contributed by atoms with Gasteiger partial charge in [-0.05, 0) is 47.5 Å². The van der Waals surface area contributed by atoms with Crippen LogP contribution in [-0.4, -0.2) is 60.9 Å². The number of morpholine rings is 1. The summed E-state index contributed by atoms with van der Waals surface area (Å²) in [6.07, 6.45) is 6.17. The second-order valence-corrected chi connectivity index (χ2v) is 8.00. The van der Waals surface area contributed by atoms with Gasteiger partial charge in [-0.2, -0.15) is 0 Å². The summed E-state index contributed by atoms with van der Waals surface area (Å²) in [5.41, 5.74) is 3.10. The number of phenolic OH excluding ortho intramolecular Hbond substituents is 1. The predicted molar refractivity (Wildman–Crippen MR) is 130 cm³/mol. The lowest BCUT2D eigenvalue weighted by Crippen LogP contribution is -2.37. The van der Waals surface area contributed by atoms with Crippen LogP contribution in [0.5, 0.6) is 17.2 Å². The van der Waals surface area contributed by atoms with Gasteiger partial charge in [0.1, 0.15) is 17.2 Å². The SMILES string of the molecule is COc1cc(O)cc(/C=C/c2ccc(OC(=O)c3ccc(CCN4CCOCC4)nc3)cc2)c1. The van der Waals surface area contributed by atoms with E-state index in [1.165, 1.54) is 0 Å². The van der Waals surface area contributed by atoms with Crippen molar-refractivity contribution in [2.24, 2.45) is 0 Å². The summed E-state index contributed by atoms with van der Waals surface area (Å²) < 4.78 is 16.0. The molecule has 0 saturated carbocycles. The first-order valence-corrected chi connectivity index (χ1v) is 11.2. The molecule has 1 N–H and O–H groups in total. The van der Waals surface area contributed by atoms with Crippen LogP contribution in [0.15, 0.2) is 60.8 Å². The van der Waals surface area contributed by atoms with E-state index < -0.39 is 5.97 Å². The number of carbonyl (C=O) groups is 1. The molecule has 1 fully saturated rings. The number of hydrogen-bond donors (Lipinski definition) is 1. The number of rotatable bonds is 8. The molecule has 3 aromatic rings. The molecule has 7 nitrogen and oxygen atoms in total. The fourth-order valence-electron chi connectivity index (χ4n) is 3.62. The number of ether oxygens (including phenoxy) is 3. The van der Waals surface area contributed by atoms with Gasteiger partial charge >= 0.3 is 5.97 Å². The van der Waals surface area contributed by atoms with Gasteiger partial charge in [-0.3, -0.25) is 9.88 Å². The van der Waals surface area contributed by atoms with Crippen LogP contribution in [0.2, 0.25) is 0 Å². The Morgan fingerprint density at radius 2 is 1.79 bits per heavy atom. The van der Waals surface area contributed by atoms with Crippen molar-refractivity contribution in [3.8, 4) is 17.2 Å². The standard InChI is InChI=1S/C27H28N2O5/c1-32-26-17-21(16-24(30)18-26)3-2-20-4-8-25(9-5-20)34-27(31)22-6-7-23(28-19-22)10-11-29-12-14-33-15-13-29/h2-9,16-19,30H,10-15H2,1H3/b3-2+. The smallest absolute Gasteiger partial charge is 0.345 e. The Kier molecular flexibility index (Phi) is 7.91. The first kappa shape index (κ1) is 23.5. The van der Waals surface area contributed by atoms with Gasteiger partial charge < -0.3 is 19.3 Å². The number of methoxy groups -OCH3 is 1. The van der Waals surface area contributed by atoms with E-state index in [0.717, 1.165) is 56.1 Å². The fourth-order valence-corrected chi connectivity index (χ4v) is 3.62. The van der Waals surface area contributed by atoms with Crippen LogP contribution in [0.25, 0.3) is 12.2 Å². The number of aromatic nitrogens is 1. The van der Waals surface area contributed by atoms with Gasteiger partial charge in [0.2, 0.25) is 0 Å². The van der Waals surface area contributed by atoms with E-state index >= 15 is 0 Å². The average Bonchev–Trinajstić information content (AvgIpc) is 2.87. The molecule has 7 heteroatoms. The molecule has 1 aliphatic rings. The molecule has 0 aliphatic carbocycles. The van der Waals surface area contributed by atoms with Gasteiger partial charge in [0, 0.05) is 44.0 Å². The third-order valence-electron chi connectivity index (χ3n) is 5.56. The molecular weight excluding hydrogens is 432 g/mol. The molecule has 1 aromatic heterocycles. The van der Waals surface area contributed by atoms with Crippen LogP contribution < -0.4 is 9.47 Å². The van der Waals surface area contributed by atoms with Crippen LogP contribution in [-0.2, 0) is 11.2 Å². The summed E-state index contributed by atoms with van der Waals surface area (Å²) in [5.74, 6) is 0.738. The Balaban J connectivity index is 1.30. The topological polar surface area (TPSA) is 81.1 Å². The highest BCUT2D eigenvalue weighted by atomic mass is 16.5. The number of phenols is 1. The summed E-state index contributed by atoms with van der Waals surface area (Å²) in [7, 11) is 1.55. The van der Waals surface area contributed by atoms with Gasteiger partial charge in [-0.1, -0.05) is 24.3 Å². The molecule has 1 saturated heterocycles. The minimum atomic E-state index is -0.442. The summed E-state index contributed by atoms with van der Waals surface area (Å²) in [5, 5.41) is 9.76. The van der Waals surface area contributed by atoms with Crippen molar-refractivity contribution in [2.75, 3.05) is 40.0 Å². The van der Waals surface area contributed by atoms with Crippen molar-refractivity contribution in [3.63, 3.8) is 0 Å². The monoisotopic (exact) mass is 460 g/mol. The number of pyridine rings is 1. The van der Waals surface area contributed by atoms with E-state index in [1.807, 2.05) is 36.4 Å². The van der Waals surface area contributed by atoms with E-state index in [1.54, 1.807) is 43.6 Å². The van der Waals surface area contributed by atoms with Crippen molar-refractivity contribution < 1.29 is 24.1 Å². The van der Waals surface area contributed by atoms with Gasteiger partial charge in [0.25, 0.3) is 0 Å². The highest BCUT2D eigenvalue weighted by Gasteiger charge is 2.12. The second kappa shape index (κ2) is 11.4. The van der Waals surface area contributed by atoms with E-state index in [9.17, 15) is 9.90 Å². The fraction of sp³-hybridized carbons (Fsp3) is 0.259. The molecule has 0 radical (unpaired) electrons. The van der Waals surface area contributed by atoms with E-state index in [2.05, 4.69) is 9.88 Å². The van der Waals surface area contributed by atoms with E-state index in [0.29, 0.717) is 17.1 Å². The maximum atomic E-state index is 12.5. The largest absolute Gasteiger partial charge is 0.508 e. The number of nitrogens with zero attached hydrogens (tertiary/aromatic N) is 2. The zero-order valence-electron chi connectivity index (χ0n) is 19.1. The summed E-state index contributed by atoms with van der Waals surface area (Å²) in [6, 6.07) is 15.8. The summed E-state index contributed by atoms with van der Waals surface area (Å²) >= 11 is 0. The van der Waals surface area contributed by atoms with Crippen molar-refractivity contribution in [2.45, 2.75) is 6.42 Å². The minimum Gasteiger partial charge on any atom is -0.508 e. The zero-order valence-corrected chi connectivity index (χ0v) is 19.1. The number of esters is 1. The lowest BCUT2D eigenvalue weighted by atomic mass is 10.1. The third-order valence-corrected chi connectivity index (χ3v) is 5.56. The number of hydrogen-bond acceptors (Lipinski definition) is 7. The molecule has 34 heavy (non-hydrogen) atoms. The van der Waals surface area contributed by atoms with Crippen LogP contribution in [0.4, 0.5) is 0 Å². The molecule has 0 atom stereocenters. The van der Waals surface area contributed by atoms with Crippen molar-refractivity contribution >= 4 is 18.1 Å². The van der Waals surface area contributed by atoms with Crippen LogP contribution in [0, 0.1) is 0 Å². The molecule has 0 spiro atoms. The molecule has 4 rings (SSSR count). The molecule has 1 aliphatic heterocycles. The van der Waals surface area contributed by atoms with Crippen LogP contribution in [0.1, 0.15) is 27.2 Å². The summed E-state index contributed by atoms with van der Waals surface area (Å²) in [6.45, 7) is 4.39. The Morgan fingerprint density at radius 3 is 2.50 bits per heavy atom. The first-order chi connectivity index (χ1) is 16.6. The van der Waals surface area contributed by atoms with E-state index in [-0.39, 0.29) is 5.75 Å². The molecule has 2 aromatic carbocycles. The van der Waals surface area contributed by atoms with Crippen LogP contribution in [0.3, 0.4) is 0 Å². The molecule has 176 valence electrons. The number of aromatic hydroxyl groups is 1. The molecule has 2 heterocycles. The Hall–Kier alpha value is -3.68. The Bertz CT molecular complexity index is 1120. The molecule has 0 bridgehead atoms. The van der Waals surface area contributed by atoms with Crippen molar-refractivity contribution in [1.29, 1.82) is 0 Å². The quantitative estimate of drug-likeness (QED) is 0.308. The minimum absolute atomic E-state index is 0.140. The Labute approximate surface area is 199 Å². The normalized spacial score (nSPS) is 14.3. The molecular formula is C27H28N2O5. The Morgan fingerprint density at radius 1 is 1.03 bits per heavy atom. The summed E-state index contributed by atoms with van der Waals surface area (Å²) in [4.78, 5) is 19.3. The lowest BCUT2D eigenvalue weighted by Gasteiger charge is -2.26. The average molecular weight is 461 g/mol. The maximum absolute atomic E-state index is 12.5. The third kappa shape index (κ3) is 6.66. The zero-order chi connectivity index (χ0) is 23.8. The predicted octanol–water partition coefficient (Wildman–Crippen LogP) is 4.06. The van der Waals surface area contributed by atoms with Gasteiger partial charge in [0.15, 0.2) is 0 Å². The first-order valence-electron chi connectivity index (χ1n) is 11.2. The molecule has 0 unspecified atom stereocenters. The van der Waals surface area contributed by atoms with Crippen molar-refractivity contribution in [1.82, 2.24) is 9.88 Å². The van der Waals surface area contributed by atoms with Crippen LogP contribution >= 0.6 is 0 Å². The lowest BCUT2D eigenvalue weighted by molar-refractivity contribution is 0.0383. The number of carbonyl (C=O) groups excluding carboxylic acids is 1.